The van der Waals surface area contributed by atoms with Crippen LogP contribution in [0.5, 0.6) is 0 Å². The Morgan fingerprint density at radius 2 is 1.96 bits per heavy atom. The zero-order valence-electron chi connectivity index (χ0n) is 16.3. The van der Waals surface area contributed by atoms with Gasteiger partial charge >= 0.3 is 0 Å². The second kappa shape index (κ2) is 8.02. The van der Waals surface area contributed by atoms with E-state index in [0.29, 0.717) is 18.0 Å². The van der Waals surface area contributed by atoms with Gasteiger partial charge in [0.1, 0.15) is 5.82 Å². The fraction of sp³-hybridized carbons (Fsp3) is 0.619. The highest BCUT2D eigenvalue weighted by molar-refractivity contribution is 9.10. The molecule has 3 aliphatic rings. The van der Waals surface area contributed by atoms with Crippen LogP contribution in [-0.4, -0.2) is 51.6 Å². The molecule has 27 heavy (non-hydrogen) atoms. The van der Waals surface area contributed by atoms with Crippen LogP contribution < -0.4 is 5.56 Å². The Morgan fingerprint density at radius 3 is 2.67 bits per heavy atom. The van der Waals surface area contributed by atoms with Crippen LogP contribution in [0.2, 0.25) is 0 Å². The molecule has 1 aromatic heterocycles. The highest BCUT2D eigenvalue weighted by Gasteiger charge is 2.35. The Bertz CT molecular complexity index is 872. The first-order valence-electron chi connectivity index (χ1n) is 10.3. The highest BCUT2D eigenvalue weighted by Crippen LogP contribution is 2.32. The Balaban J connectivity index is 1.83. The molecule has 146 valence electrons. The van der Waals surface area contributed by atoms with E-state index in [-0.39, 0.29) is 11.6 Å². The lowest BCUT2D eigenvalue weighted by atomic mass is 10.0. The third-order valence-electron chi connectivity index (χ3n) is 6.22. The SMILES string of the molecule is CCCC(c1nc2ccc(Br)cc2c(=O)n1CC)N1CCN2CCC1CC2. The Morgan fingerprint density at radius 1 is 1.19 bits per heavy atom. The number of rotatable bonds is 5. The van der Waals surface area contributed by atoms with Gasteiger partial charge in [-0.1, -0.05) is 29.3 Å². The van der Waals surface area contributed by atoms with Crippen LogP contribution >= 0.6 is 15.9 Å². The van der Waals surface area contributed by atoms with Crippen LogP contribution in [0, 0.1) is 0 Å². The minimum Gasteiger partial charge on any atom is -0.302 e. The molecule has 0 radical (unpaired) electrons. The van der Waals surface area contributed by atoms with Crippen LogP contribution in [0.4, 0.5) is 0 Å². The molecule has 2 bridgehead atoms. The lowest BCUT2D eigenvalue weighted by molar-refractivity contribution is 0.117. The zero-order valence-corrected chi connectivity index (χ0v) is 17.9. The van der Waals surface area contributed by atoms with E-state index in [4.69, 9.17) is 4.98 Å². The smallest absolute Gasteiger partial charge is 0.261 e. The number of aromatic nitrogens is 2. The van der Waals surface area contributed by atoms with Gasteiger partial charge in [0, 0.05) is 30.1 Å². The maximum absolute atomic E-state index is 13.2. The van der Waals surface area contributed by atoms with E-state index >= 15 is 0 Å². The van der Waals surface area contributed by atoms with Gasteiger partial charge in [-0.25, -0.2) is 4.98 Å². The number of benzene rings is 1. The van der Waals surface area contributed by atoms with Gasteiger partial charge in [0.2, 0.25) is 0 Å². The van der Waals surface area contributed by atoms with Gasteiger partial charge in [-0.05, 0) is 57.5 Å². The Labute approximate surface area is 169 Å². The van der Waals surface area contributed by atoms with E-state index in [1.54, 1.807) is 0 Å². The van der Waals surface area contributed by atoms with Gasteiger partial charge < -0.3 is 4.90 Å². The van der Waals surface area contributed by atoms with Crippen molar-refractivity contribution in [1.82, 2.24) is 19.4 Å². The van der Waals surface area contributed by atoms with Crippen LogP contribution in [0.25, 0.3) is 10.9 Å². The molecular formula is C21H29BrN4O. The number of hydrogen-bond acceptors (Lipinski definition) is 4. The topological polar surface area (TPSA) is 41.4 Å². The van der Waals surface area contributed by atoms with Crippen molar-refractivity contribution >= 4 is 26.8 Å². The third-order valence-corrected chi connectivity index (χ3v) is 6.72. The highest BCUT2D eigenvalue weighted by atomic mass is 79.9. The molecule has 5 nitrogen and oxygen atoms in total. The van der Waals surface area contributed by atoms with Crippen molar-refractivity contribution < 1.29 is 0 Å². The summed E-state index contributed by atoms with van der Waals surface area (Å²) in [5.74, 6) is 0.958. The molecule has 1 aromatic carbocycles. The van der Waals surface area contributed by atoms with Gasteiger partial charge in [0.15, 0.2) is 0 Å². The Kier molecular flexibility index (Phi) is 5.67. The lowest BCUT2D eigenvalue weighted by Crippen LogP contribution is -2.42. The molecule has 4 heterocycles. The van der Waals surface area contributed by atoms with Crippen LogP contribution in [0.15, 0.2) is 27.5 Å². The Hall–Kier alpha value is -1.24. The van der Waals surface area contributed by atoms with Crippen molar-refractivity contribution in [2.75, 3.05) is 26.2 Å². The zero-order chi connectivity index (χ0) is 19.0. The average molecular weight is 433 g/mol. The largest absolute Gasteiger partial charge is 0.302 e. The molecule has 0 spiro atoms. The number of nitrogens with zero attached hydrogens (tertiary/aromatic N) is 4. The summed E-state index contributed by atoms with van der Waals surface area (Å²) in [5.41, 5.74) is 0.898. The molecule has 0 aliphatic carbocycles. The van der Waals surface area contributed by atoms with Gasteiger partial charge in [-0.15, -0.1) is 0 Å². The first-order valence-corrected chi connectivity index (χ1v) is 11.1. The number of fused-ring (bicyclic) bond motifs is 5. The third kappa shape index (κ3) is 3.59. The van der Waals surface area contributed by atoms with E-state index in [2.05, 4.69) is 39.6 Å². The van der Waals surface area contributed by atoms with E-state index in [1.807, 2.05) is 22.8 Å². The predicted molar refractivity (Wildman–Crippen MR) is 113 cm³/mol. The molecule has 2 aromatic rings. The van der Waals surface area contributed by atoms with E-state index < -0.39 is 0 Å². The molecule has 3 saturated heterocycles. The minimum absolute atomic E-state index is 0.0859. The number of hydrogen-bond donors (Lipinski definition) is 0. The standard InChI is InChI=1S/C21H29BrN4O/c1-3-5-19(26-13-12-24-10-8-16(26)9-11-24)20-23-18-7-6-15(22)14-17(18)21(27)25(20)4-2/h6-7,14,16,19H,3-5,8-13H2,1-2H3. The molecule has 5 rings (SSSR count). The van der Waals surface area contributed by atoms with Gasteiger partial charge in [-0.3, -0.25) is 14.3 Å². The molecule has 0 amide bonds. The molecule has 6 heteroatoms. The van der Waals surface area contributed by atoms with E-state index in [1.165, 1.54) is 25.9 Å². The summed E-state index contributed by atoms with van der Waals surface area (Å²) in [7, 11) is 0. The molecular weight excluding hydrogens is 404 g/mol. The summed E-state index contributed by atoms with van der Waals surface area (Å²) in [4.78, 5) is 23.5. The molecule has 1 unspecified atom stereocenters. The van der Waals surface area contributed by atoms with Crippen molar-refractivity contribution in [3.05, 3.63) is 38.9 Å². The summed E-state index contributed by atoms with van der Waals surface area (Å²) in [6.07, 6.45) is 4.61. The summed E-state index contributed by atoms with van der Waals surface area (Å²) in [6.45, 7) is 9.58. The minimum atomic E-state index is 0.0859. The first-order chi connectivity index (χ1) is 13.1. The van der Waals surface area contributed by atoms with Crippen molar-refractivity contribution in [2.45, 2.75) is 58.2 Å². The fourth-order valence-electron chi connectivity index (χ4n) is 4.81. The average Bonchev–Trinajstić information content (AvgIpc) is 3.00. The maximum atomic E-state index is 13.2. The summed E-state index contributed by atoms with van der Waals surface area (Å²) >= 11 is 3.49. The monoisotopic (exact) mass is 432 g/mol. The summed E-state index contributed by atoms with van der Waals surface area (Å²) < 4.78 is 2.83. The fourth-order valence-corrected chi connectivity index (χ4v) is 5.17. The van der Waals surface area contributed by atoms with Gasteiger partial charge in [0.25, 0.3) is 5.56 Å². The van der Waals surface area contributed by atoms with Crippen molar-refractivity contribution in [3.8, 4) is 0 Å². The number of piperidine rings is 1. The van der Waals surface area contributed by atoms with E-state index in [9.17, 15) is 4.79 Å². The van der Waals surface area contributed by atoms with Crippen molar-refractivity contribution in [3.63, 3.8) is 0 Å². The second-order valence-electron chi connectivity index (χ2n) is 7.80. The predicted octanol–water partition coefficient (Wildman–Crippen LogP) is 3.80. The summed E-state index contributed by atoms with van der Waals surface area (Å²) in [6, 6.07) is 6.68. The maximum Gasteiger partial charge on any atom is 0.261 e. The summed E-state index contributed by atoms with van der Waals surface area (Å²) in [5, 5.41) is 0.702. The normalized spacial score (nSPS) is 24.3. The first kappa shape index (κ1) is 19.1. The quantitative estimate of drug-likeness (QED) is 0.720. The molecule has 0 N–H and O–H groups in total. The molecule has 1 atom stereocenters. The van der Waals surface area contributed by atoms with Crippen molar-refractivity contribution in [2.24, 2.45) is 0 Å². The van der Waals surface area contributed by atoms with Crippen LogP contribution in [0.3, 0.4) is 0 Å². The van der Waals surface area contributed by atoms with Gasteiger partial charge in [-0.2, -0.15) is 0 Å². The van der Waals surface area contributed by atoms with Crippen LogP contribution in [0.1, 0.15) is 51.4 Å². The molecule has 3 aliphatic heterocycles. The molecule has 0 saturated carbocycles. The van der Waals surface area contributed by atoms with Crippen LogP contribution in [-0.2, 0) is 6.54 Å². The second-order valence-corrected chi connectivity index (χ2v) is 8.71. The number of halogens is 1. The van der Waals surface area contributed by atoms with Crippen molar-refractivity contribution in [1.29, 1.82) is 0 Å². The van der Waals surface area contributed by atoms with Gasteiger partial charge in [0.05, 0.1) is 16.9 Å². The van der Waals surface area contributed by atoms with E-state index in [0.717, 1.165) is 41.7 Å². The molecule has 3 fully saturated rings. The lowest BCUT2D eigenvalue weighted by Gasteiger charge is -2.37.